The van der Waals surface area contributed by atoms with E-state index in [2.05, 4.69) is 24.1 Å². The SMILES string of the molecule is C=C1NC(=O)N[C@@H](c2ccc(OCC)cc2)[C@@H]1C(=O)OCCCCC. The Balaban J connectivity index is 2.14. The Morgan fingerprint density at radius 2 is 1.92 bits per heavy atom. The second-order valence-corrected chi connectivity index (χ2v) is 5.96. The van der Waals surface area contributed by atoms with Crippen LogP contribution in [0.1, 0.15) is 44.7 Å². The number of unbranched alkanes of at least 4 members (excludes halogenated alkanes) is 2. The topological polar surface area (TPSA) is 76.7 Å². The summed E-state index contributed by atoms with van der Waals surface area (Å²) in [5, 5.41) is 5.37. The summed E-state index contributed by atoms with van der Waals surface area (Å²) < 4.78 is 10.8. The van der Waals surface area contributed by atoms with Gasteiger partial charge < -0.3 is 20.1 Å². The van der Waals surface area contributed by atoms with Crippen LogP contribution >= 0.6 is 0 Å². The van der Waals surface area contributed by atoms with Crippen molar-refractivity contribution in [3.8, 4) is 5.75 Å². The monoisotopic (exact) mass is 346 g/mol. The highest BCUT2D eigenvalue weighted by Crippen LogP contribution is 2.31. The van der Waals surface area contributed by atoms with E-state index >= 15 is 0 Å². The van der Waals surface area contributed by atoms with Gasteiger partial charge in [0.05, 0.1) is 19.3 Å². The molecule has 0 radical (unpaired) electrons. The molecule has 2 atom stereocenters. The smallest absolute Gasteiger partial charge is 0.319 e. The molecule has 0 unspecified atom stereocenters. The summed E-state index contributed by atoms with van der Waals surface area (Å²) in [5.41, 5.74) is 1.15. The van der Waals surface area contributed by atoms with E-state index in [4.69, 9.17) is 9.47 Å². The van der Waals surface area contributed by atoms with Crippen LogP contribution in [0, 0.1) is 5.92 Å². The molecule has 6 nitrogen and oxygen atoms in total. The third-order valence-corrected chi connectivity index (χ3v) is 4.07. The van der Waals surface area contributed by atoms with Crippen molar-refractivity contribution in [2.75, 3.05) is 13.2 Å². The number of hydrogen-bond acceptors (Lipinski definition) is 4. The predicted octanol–water partition coefficient (Wildman–Crippen LogP) is 3.30. The first-order valence-electron chi connectivity index (χ1n) is 8.72. The number of ether oxygens (including phenoxy) is 2. The van der Waals surface area contributed by atoms with Crippen LogP contribution in [-0.4, -0.2) is 25.2 Å². The molecule has 0 aliphatic carbocycles. The van der Waals surface area contributed by atoms with Crippen LogP contribution < -0.4 is 15.4 Å². The summed E-state index contributed by atoms with van der Waals surface area (Å²) in [4.78, 5) is 24.4. The summed E-state index contributed by atoms with van der Waals surface area (Å²) >= 11 is 0. The summed E-state index contributed by atoms with van der Waals surface area (Å²) in [7, 11) is 0. The van der Waals surface area contributed by atoms with Gasteiger partial charge >= 0.3 is 12.0 Å². The minimum atomic E-state index is -0.669. The lowest BCUT2D eigenvalue weighted by atomic mass is 9.89. The van der Waals surface area contributed by atoms with Gasteiger partial charge in [-0.15, -0.1) is 0 Å². The minimum absolute atomic E-state index is 0.350. The van der Waals surface area contributed by atoms with E-state index in [1.165, 1.54) is 0 Å². The first-order valence-corrected chi connectivity index (χ1v) is 8.72. The molecule has 1 aromatic carbocycles. The van der Waals surface area contributed by atoms with Crippen molar-refractivity contribution in [3.05, 3.63) is 42.1 Å². The Labute approximate surface area is 148 Å². The van der Waals surface area contributed by atoms with E-state index in [1.54, 1.807) is 0 Å². The third-order valence-electron chi connectivity index (χ3n) is 4.07. The second kappa shape index (κ2) is 9.11. The molecule has 1 fully saturated rings. The summed E-state index contributed by atoms with van der Waals surface area (Å²) in [6, 6.07) is 6.42. The number of carbonyl (C=O) groups is 2. The normalized spacial score (nSPS) is 19.8. The summed E-state index contributed by atoms with van der Waals surface area (Å²) in [5.74, 6) is -0.311. The van der Waals surface area contributed by atoms with Crippen molar-refractivity contribution in [1.82, 2.24) is 10.6 Å². The number of amides is 2. The lowest BCUT2D eigenvalue weighted by molar-refractivity contribution is -0.148. The van der Waals surface area contributed by atoms with Gasteiger partial charge in [-0.3, -0.25) is 4.79 Å². The minimum Gasteiger partial charge on any atom is -0.494 e. The molecular formula is C19H26N2O4. The number of hydrogen-bond donors (Lipinski definition) is 2. The molecule has 2 rings (SSSR count). The van der Waals surface area contributed by atoms with Gasteiger partial charge in [0.2, 0.25) is 0 Å². The van der Waals surface area contributed by atoms with Gasteiger partial charge in [0.25, 0.3) is 0 Å². The van der Waals surface area contributed by atoms with Gasteiger partial charge in [-0.2, -0.15) is 0 Å². The lowest BCUT2D eigenvalue weighted by Crippen LogP contribution is -2.51. The standard InChI is InChI=1S/C19H26N2O4/c1-4-6-7-12-25-18(22)16-13(3)20-19(23)21-17(16)14-8-10-15(11-9-14)24-5-2/h8-11,16-17H,3-7,12H2,1-2H3,(H2,20,21,23)/t16-,17+/m1/s1. The first-order chi connectivity index (χ1) is 12.1. The molecule has 1 aliphatic rings. The van der Waals surface area contributed by atoms with Crippen LogP contribution in [0.4, 0.5) is 4.79 Å². The quantitative estimate of drug-likeness (QED) is 0.559. The maximum atomic E-state index is 12.5. The average molecular weight is 346 g/mol. The number of urea groups is 1. The Morgan fingerprint density at radius 1 is 1.20 bits per heavy atom. The average Bonchev–Trinajstić information content (AvgIpc) is 2.59. The summed E-state index contributed by atoms with van der Waals surface area (Å²) in [6.45, 7) is 8.79. The van der Waals surface area contributed by atoms with E-state index in [9.17, 15) is 9.59 Å². The van der Waals surface area contributed by atoms with Gasteiger partial charge in [-0.1, -0.05) is 38.5 Å². The molecule has 1 aromatic rings. The Morgan fingerprint density at radius 3 is 2.56 bits per heavy atom. The van der Waals surface area contributed by atoms with Crippen LogP contribution in [0.2, 0.25) is 0 Å². The van der Waals surface area contributed by atoms with E-state index in [0.29, 0.717) is 18.9 Å². The number of esters is 1. The molecule has 6 heteroatoms. The van der Waals surface area contributed by atoms with E-state index < -0.39 is 12.0 Å². The van der Waals surface area contributed by atoms with Crippen molar-refractivity contribution >= 4 is 12.0 Å². The number of carbonyl (C=O) groups excluding carboxylic acids is 2. The molecule has 25 heavy (non-hydrogen) atoms. The van der Waals surface area contributed by atoms with Crippen molar-refractivity contribution < 1.29 is 19.1 Å². The Bertz CT molecular complexity index is 612. The largest absolute Gasteiger partial charge is 0.494 e. The third kappa shape index (κ3) is 4.98. The molecular weight excluding hydrogens is 320 g/mol. The Kier molecular flexibility index (Phi) is 6.86. The zero-order chi connectivity index (χ0) is 18.2. The molecule has 1 saturated heterocycles. The summed E-state index contributed by atoms with van der Waals surface area (Å²) in [6.07, 6.45) is 2.89. The lowest BCUT2D eigenvalue weighted by Gasteiger charge is -2.33. The van der Waals surface area contributed by atoms with Crippen LogP contribution in [0.15, 0.2) is 36.5 Å². The van der Waals surface area contributed by atoms with Crippen LogP contribution in [0.3, 0.4) is 0 Å². The van der Waals surface area contributed by atoms with E-state index in [0.717, 1.165) is 30.6 Å². The Hall–Kier alpha value is -2.50. The van der Waals surface area contributed by atoms with E-state index in [1.807, 2.05) is 31.2 Å². The van der Waals surface area contributed by atoms with Crippen molar-refractivity contribution in [2.24, 2.45) is 5.92 Å². The maximum absolute atomic E-state index is 12.5. The zero-order valence-electron chi connectivity index (χ0n) is 14.8. The molecule has 2 N–H and O–H groups in total. The van der Waals surface area contributed by atoms with Gasteiger partial charge in [0.1, 0.15) is 11.7 Å². The fourth-order valence-electron chi connectivity index (χ4n) is 2.79. The highest BCUT2D eigenvalue weighted by molar-refractivity contribution is 5.85. The van der Waals surface area contributed by atoms with Gasteiger partial charge in [0, 0.05) is 5.70 Å². The fourth-order valence-corrected chi connectivity index (χ4v) is 2.79. The molecule has 0 bridgehead atoms. The fraction of sp³-hybridized carbons (Fsp3) is 0.474. The van der Waals surface area contributed by atoms with Crippen molar-refractivity contribution in [3.63, 3.8) is 0 Å². The van der Waals surface area contributed by atoms with E-state index in [-0.39, 0.29) is 12.0 Å². The highest BCUT2D eigenvalue weighted by atomic mass is 16.5. The van der Waals surface area contributed by atoms with Crippen LogP contribution in [0.25, 0.3) is 0 Å². The predicted molar refractivity (Wildman–Crippen MR) is 95.1 cm³/mol. The molecule has 0 aromatic heterocycles. The molecule has 1 heterocycles. The molecule has 0 spiro atoms. The van der Waals surface area contributed by atoms with Gasteiger partial charge in [-0.25, -0.2) is 4.79 Å². The molecule has 136 valence electrons. The van der Waals surface area contributed by atoms with Crippen LogP contribution in [-0.2, 0) is 9.53 Å². The maximum Gasteiger partial charge on any atom is 0.319 e. The van der Waals surface area contributed by atoms with Crippen molar-refractivity contribution in [1.29, 1.82) is 0 Å². The number of benzene rings is 1. The second-order valence-electron chi connectivity index (χ2n) is 5.96. The van der Waals surface area contributed by atoms with Crippen LogP contribution in [0.5, 0.6) is 5.75 Å². The highest BCUT2D eigenvalue weighted by Gasteiger charge is 2.38. The molecule has 1 aliphatic heterocycles. The number of nitrogens with one attached hydrogen (secondary N) is 2. The number of rotatable bonds is 8. The first kappa shape index (κ1) is 18.8. The molecule has 0 saturated carbocycles. The zero-order valence-corrected chi connectivity index (χ0v) is 14.8. The van der Waals surface area contributed by atoms with Gasteiger partial charge in [0.15, 0.2) is 0 Å². The molecule has 2 amide bonds. The van der Waals surface area contributed by atoms with Gasteiger partial charge in [-0.05, 0) is 31.0 Å². The van der Waals surface area contributed by atoms with Crippen molar-refractivity contribution in [2.45, 2.75) is 39.2 Å².